The highest BCUT2D eigenvalue weighted by Crippen LogP contribution is 2.38. The molecule has 0 aliphatic heterocycles. The van der Waals surface area contributed by atoms with Crippen molar-refractivity contribution < 1.29 is 4.39 Å². The summed E-state index contributed by atoms with van der Waals surface area (Å²) >= 11 is 0. The minimum Gasteiger partial charge on any atom is -0.244 e. The molecule has 0 heterocycles. The normalized spacial score (nSPS) is 39.0. The van der Waals surface area contributed by atoms with E-state index in [1.807, 2.05) is 0 Å². The van der Waals surface area contributed by atoms with Gasteiger partial charge in [-0.1, -0.05) is 33.1 Å². The van der Waals surface area contributed by atoms with Crippen LogP contribution in [0.3, 0.4) is 0 Å². The van der Waals surface area contributed by atoms with E-state index in [-0.39, 0.29) is 0 Å². The van der Waals surface area contributed by atoms with Gasteiger partial charge in [0, 0.05) is 0 Å². The molecule has 0 aromatic heterocycles. The summed E-state index contributed by atoms with van der Waals surface area (Å²) in [5.74, 6) is 0.611. The third-order valence-corrected chi connectivity index (χ3v) is 2.73. The van der Waals surface area contributed by atoms with Gasteiger partial charge in [-0.2, -0.15) is 0 Å². The van der Waals surface area contributed by atoms with E-state index in [1.54, 1.807) is 0 Å². The number of halogens is 1. The molecule has 1 aliphatic rings. The van der Waals surface area contributed by atoms with Gasteiger partial charge in [0.05, 0.1) is 0 Å². The molecule has 0 saturated heterocycles. The Bertz CT molecular complexity index is 118. The predicted molar refractivity (Wildman–Crippen MR) is 46.4 cm³/mol. The van der Waals surface area contributed by atoms with Crippen LogP contribution in [-0.4, -0.2) is 5.67 Å². The molecule has 0 amide bonds. The van der Waals surface area contributed by atoms with Gasteiger partial charge in [-0.25, -0.2) is 4.39 Å². The molecule has 0 radical (unpaired) electrons. The van der Waals surface area contributed by atoms with Gasteiger partial charge in [0.15, 0.2) is 0 Å². The summed E-state index contributed by atoms with van der Waals surface area (Å²) < 4.78 is 13.8. The SMILES string of the molecule is CCC[C@]1(F)CCC[C@@H](C)C1. The van der Waals surface area contributed by atoms with Gasteiger partial charge in [-0.15, -0.1) is 0 Å². The summed E-state index contributed by atoms with van der Waals surface area (Å²) in [5.41, 5.74) is -0.799. The second-order valence-electron chi connectivity index (χ2n) is 4.10. The summed E-state index contributed by atoms with van der Waals surface area (Å²) in [6.07, 6.45) is 5.71. The highest BCUT2D eigenvalue weighted by molar-refractivity contribution is 4.84. The van der Waals surface area contributed by atoms with Gasteiger partial charge in [0.25, 0.3) is 0 Å². The summed E-state index contributed by atoms with van der Waals surface area (Å²) in [6.45, 7) is 4.24. The molecule has 1 fully saturated rings. The van der Waals surface area contributed by atoms with Crippen LogP contribution in [0.1, 0.15) is 52.4 Å². The van der Waals surface area contributed by atoms with E-state index in [0.717, 1.165) is 32.1 Å². The molecule has 0 spiro atoms. The lowest BCUT2D eigenvalue weighted by molar-refractivity contribution is 0.0702. The Kier molecular flexibility index (Phi) is 2.91. The van der Waals surface area contributed by atoms with Gasteiger partial charge in [-0.3, -0.25) is 0 Å². The largest absolute Gasteiger partial charge is 0.244 e. The molecule has 0 aromatic rings. The Hall–Kier alpha value is -0.0700. The van der Waals surface area contributed by atoms with E-state index in [0.29, 0.717) is 5.92 Å². The summed E-state index contributed by atoms with van der Waals surface area (Å²) in [4.78, 5) is 0. The first-order valence-electron chi connectivity index (χ1n) is 4.85. The van der Waals surface area contributed by atoms with Gasteiger partial charge in [0.2, 0.25) is 0 Å². The predicted octanol–water partition coefficient (Wildman–Crippen LogP) is 3.70. The lowest BCUT2D eigenvalue weighted by atomic mass is 9.78. The zero-order chi connectivity index (χ0) is 8.32. The second-order valence-corrected chi connectivity index (χ2v) is 4.10. The number of rotatable bonds is 2. The van der Waals surface area contributed by atoms with Crippen LogP contribution in [0.5, 0.6) is 0 Å². The monoisotopic (exact) mass is 158 g/mol. The maximum Gasteiger partial charge on any atom is 0.111 e. The van der Waals surface area contributed by atoms with Gasteiger partial charge >= 0.3 is 0 Å². The molecule has 1 rings (SSSR count). The Balaban J connectivity index is 2.41. The average Bonchev–Trinajstić information content (AvgIpc) is 1.86. The van der Waals surface area contributed by atoms with E-state index >= 15 is 0 Å². The molecule has 2 atom stereocenters. The van der Waals surface area contributed by atoms with Crippen molar-refractivity contribution in [1.29, 1.82) is 0 Å². The van der Waals surface area contributed by atoms with Crippen LogP contribution in [0.2, 0.25) is 0 Å². The zero-order valence-corrected chi connectivity index (χ0v) is 7.70. The molecule has 66 valence electrons. The first-order valence-corrected chi connectivity index (χ1v) is 4.85. The Morgan fingerprint density at radius 3 is 2.82 bits per heavy atom. The minimum atomic E-state index is -0.799. The molecular formula is C10H19F. The van der Waals surface area contributed by atoms with Crippen molar-refractivity contribution >= 4 is 0 Å². The topological polar surface area (TPSA) is 0 Å². The van der Waals surface area contributed by atoms with Crippen molar-refractivity contribution in [2.45, 2.75) is 58.0 Å². The molecular weight excluding hydrogens is 139 g/mol. The molecule has 1 heteroatoms. The van der Waals surface area contributed by atoms with Gasteiger partial charge < -0.3 is 0 Å². The Labute approximate surface area is 69.2 Å². The standard InChI is InChI=1S/C10H19F/c1-3-6-10(11)7-4-5-9(2)8-10/h9H,3-8H2,1-2H3/t9-,10+/m1/s1. The van der Waals surface area contributed by atoms with E-state index in [4.69, 9.17) is 0 Å². The van der Waals surface area contributed by atoms with Crippen molar-refractivity contribution in [3.8, 4) is 0 Å². The average molecular weight is 158 g/mol. The number of hydrogen-bond donors (Lipinski definition) is 0. The van der Waals surface area contributed by atoms with Gasteiger partial charge in [-0.05, 0) is 25.2 Å². The smallest absolute Gasteiger partial charge is 0.111 e. The maximum absolute atomic E-state index is 13.8. The third-order valence-electron chi connectivity index (χ3n) is 2.73. The molecule has 0 unspecified atom stereocenters. The van der Waals surface area contributed by atoms with E-state index < -0.39 is 5.67 Å². The number of hydrogen-bond acceptors (Lipinski definition) is 0. The number of alkyl halides is 1. The van der Waals surface area contributed by atoms with Crippen LogP contribution in [0.15, 0.2) is 0 Å². The molecule has 0 bridgehead atoms. The fourth-order valence-electron chi connectivity index (χ4n) is 2.27. The van der Waals surface area contributed by atoms with Crippen LogP contribution in [0.25, 0.3) is 0 Å². The van der Waals surface area contributed by atoms with Crippen molar-refractivity contribution in [2.24, 2.45) is 5.92 Å². The zero-order valence-electron chi connectivity index (χ0n) is 7.70. The molecule has 11 heavy (non-hydrogen) atoms. The van der Waals surface area contributed by atoms with Crippen LogP contribution in [0.4, 0.5) is 4.39 Å². The summed E-state index contributed by atoms with van der Waals surface area (Å²) in [6, 6.07) is 0. The Morgan fingerprint density at radius 2 is 2.27 bits per heavy atom. The minimum absolute atomic E-state index is 0.611. The highest BCUT2D eigenvalue weighted by Gasteiger charge is 2.33. The lowest BCUT2D eigenvalue weighted by Gasteiger charge is -2.32. The van der Waals surface area contributed by atoms with Crippen molar-refractivity contribution in [3.05, 3.63) is 0 Å². The second kappa shape index (κ2) is 3.55. The molecule has 0 aromatic carbocycles. The maximum atomic E-state index is 13.8. The van der Waals surface area contributed by atoms with Crippen molar-refractivity contribution in [1.82, 2.24) is 0 Å². The van der Waals surface area contributed by atoms with Crippen LogP contribution < -0.4 is 0 Å². The van der Waals surface area contributed by atoms with E-state index in [1.165, 1.54) is 6.42 Å². The first-order chi connectivity index (χ1) is 5.16. The quantitative estimate of drug-likeness (QED) is 0.574. The molecule has 1 saturated carbocycles. The van der Waals surface area contributed by atoms with Crippen LogP contribution >= 0.6 is 0 Å². The van der Waals surface area contributed by atoms with E-state index in [2.05, 4.69) is 13.8 Å². The fourth-order valence-corrected chi connectivity index (χ4v) is 2.27. The van der Waals surface area contributed by atoms with Crippen molar-refractivity contribution in [3.63, 3.8) is 0 Å². The van der Waals surface area contributed by atoms with E-state index in [9.17, 15) is 4.39 Å². The third kappa shape index (κ3) is 2.46. The molecule has 0 N–H and O–H groups in total. The van der Waals surface area contributed by atoms with Gasteiger partial charge in [0.1, 0.15) is 5.67 Å². The Morgan fingerprint density at radius 1 is 1.55 bits per heavy atom. The summed E-state index contributed by atoms with van der Waals surface area (Å²) in [5, 5.41) is 0. The molecule has 0 nitrogen and oxygen atoms in total. The lowest BCUT2D eigenvalue weighted by Crippen LogP contribution is -2.29. The van der Waals surface area contributed by atoms with Crippen molar-refractivity contribution in [2.75, 3.05) is 0 Å². The first kappa shape index (κ1) is 9.02. The van der Waals surface area contributed by atoms with Crippen LogP contribution in [0, 0.1) is 5.92 Å². The highest BCUT2D eigenvalue weighted by atomic mass is 19.1. The molecule has 1 aliphatic carbocycles. The fraction of sp³-hybridized carbons (Fsp3) is 1.00. The van der Waals surface area contributed by atoms with Crippen LogP contribution in [-0.2, 0) is 0 Å². The summed E-state index contributed by atoms with van der Waals surface area (Å²) in [7, 11) is 0.